The van der Waals surface area contributed by atoms with Gasteiger partial charge in [0.2, 0.25) is 5.95 Å². The molecule has 1 saturated heterocycles. The van der Waals surface area contributed by atoms with Crippen molar-refractivity contribution < 1.29 is 9.18 Å². The fourth-order valence-electron chi connectivity index (χ4n) is 4.29. The van der Waals surface area contributed by atoms with Crippen LogP contribution in [0.2, 0.25) is 0 Å². The number of H-pyrrole nitrogens is 1. The summed E-state index contributed by atoms with van der Waals surface area (Å²) < 4.78 is 13.2. The average molecular weight is 516 g/mol. The Bertz CT molecular complexity index is 1400. The summed E-state index contributed by atoms with van der Waals surface area (Å²) in [5.41, 5.74) is 4.28. The van der Waals surface area contributed by atoms with Crippen LogP contribution in [-0.4, -0.2) is 62.3 Å². The lowest BCUT2D eigenvalue weighted by atomic mass is 10.1. The number of nitrogens with zero attached hydrogens (tertiary/aromatic N) is 6. The SMILES string of the molecule is Cc1cc(Nc2cc(C)[nH]n2)nc(N2CCN(C(=O)N[C@@H](C)c3ccc(-c4ccc(F)cc4)nc3)CC2)n1. The van der Waals surface area contributed by atoms with Crippen molar-refractivity contribution in [3.8, 4) is 11.3 Å². The molecule has 0 spiro atoms. The highest BCUT2D eigenvalue weighted by Crippen LogP contribution is 2.21. The molecule has 4 heterocycles. The summed E-state index contributed by atoms with van der Waals surface area (Å²) in [6, 6.07) is 13.5. The van der Waals surface area contributed by atoms with E-state index in [1.165, 1.54) is 12.1 Å². The summed E-state index contributed by atoms with van der Waals surface area (Å²) in [5.74, 6) is 1.71. The standard InChI is InChI=1S/C27H30FN9O/c1-17-14-24(32-25-15-18(2)34-35-25)33-26(30-17)36-10-12-37(13-11-36)27(38)31-19(3)21-6-9-23(29-16-21)20-4-7-22(28)8-5-20/h4-9,14-16,19H,10-13H2,1-3H3,(H,31,38)(H2,30,32,33,34,35)/t19-/m0/s1. The highest BCUT2D eigenvalue weighted by atomic mass is 19.1. The summed E-state index contributed by atoms with van der Waals surface area (Å²) in [5, 5.41) is 13.4. The number of rotatable bonds is 6. The van der Waals surface area contributed by atoms with E-state index in [1.807, 2.05) is 45.0 Å². The molecule has 10 nitrogen and oxygen atoms in total. The van der Waals surface area contributed by atoms with Crippen molar-refractivity contribution in [2.75, 3.05) is 36.4 Å². The number of aromatic amines is 1. The molecule has 0 aliphatic carbocycles. The molecule has 1 aromatic carbocycles. The zero-order chi connectivity index (χ0) is 26.6. The number of hydrogen-bond donors (Lipinski definition) is 3. The third-order valence-corrected chi connectivity index (χ3v) is 6.42. The van der Waals surface area contributed by atoms with E-state index in [1.54, 1.807) is 23.2 Å². The van der Waals surface area contributed by atoms with Crippen LogP contribution in [0.5, 0.6) is 0 Å². The van der Waals surface area contributed by atoms with E-state index in [0.29, 0.717) is 43.8 Å². The first kappa shape index (κ1) is 25.1. The van der Waals surface area contributed by atoms with Crippen LogP contribution in [0.3, 0.4) is 0 Å². The number of pyridine rings is 1. The minimum atomic E-state index is -0.282. The number of carbonyl (C=O) groups excluding carboxylic acids is 1. The summed E-state index contributed by atoms with van der Waals surface area (Å²) in [6.07, 6.45) is 1.74. The second-order valence-electron chi connectivity index (χ2n) is 9.38. The van der Waals surface area contributed by atoms with Gasteiger partial charge < -0.3 is 20.4 Å². The van der Waals surface area contributed by atoms with E-state index in [-0.39, 0.29) is 17.9 Å². The van der Waals surface area contributed by atoms with Crippen molar-refractivity contribution in [1.82, 2.24) is 35.4 Å². The van der Waals surface area contributed by atoms with Gasteiger partial charge in [-0.1, -0.05) is 6.07 Å². The van der Waals surface area contributed by atoms with Crippen molar-refractivity contribution in [1.29, 1.82) is 0 Å². The minimum absolute atomic E-state index is 0.124. The number of benzene rings is 1. The number of amides is 2. The van der Waals surface area contributed by atoms with Crippen molar-refractivity contribution in [2.45, 2.75) is 26.8 Å². The van der Waals surface area contributed by atoms with Crippen LogP contribution in [0, 0.1) is 19.7 Å². The van der Waals surface area contributed by atoms with Crippen LogP contribution in [0.25, 0.3) is 11.3 Å². The van der Waals surface area contributed by atoms with E-state index in [0.717, 1.165) is 28.2 Å². The normalized spacial score (nSPS) is 14.3. The number of aromatic nitrogens is 5. The fraction of sp³-hybridized carbons (Fsp3) is 0.296. The molecular formula is C27H30FN9O. The van der Waals surface area contributed by atoms with Gasteiger partial charge in [0.15, 0.2) is 5.82 Å². The molecule has 1 aliphatic heterocycles. The average Bonchev–Trinajstić information content (AvgIpc) is 3.33. The molecule has 1 aliphatic rings. The zero-order valence-corrected chi connectivity index (χ0v) is 21.6. The minimum Gasteiger partial charge on any atom is -0.337 e. The molecule has 5 rings (SSSR count). The third kappa shape index (κ3) is 5.88. The number of nitrogens with one attached hydrogen (secondary N) is 3. The van der Waals surface area contributed by atoms with Crippen LogP contribution < -0.4 is 15.5 Å². The highest BCUT2D eigenvalue weighted by molar-refractivity contribution is 5.75. The van der Waals surface area contributed by atoms with Gasteiger partial charge in [-0.2, -0.15) is 10.1 Å². The molecule has 3 N–H and O–H groups in total. The van der Waals surface area contributed by atoms with Gasteiger partial charge in [-0.05, 0) is 56.7 Å². The Morgan fingerprint density at radius 3 is 2.42 bits per heavy atom. The molecule has 4 aromatic rings. The molecule has 0 unspecified atom stereocenters. The quantitative estimate of drug-likeness (QED) is 0.350. The number of anilines is 3. The van der Waals surface area contributed by atoms with Gasteiger partial charge in [0, 0.05) is 61.5 Å². The topological polar surface area (TPSA) is 115 Å². The van der Waals surface area contributed by atoms with Crippen LogP contribution in [0.15, 0.2) is 54.7 Å². The molecule has 1 fully saturated rings. The Hall–Kier alpha value is -4.54. The molecule has 0 radical (unpaired) electrons. The van der Waals surface area contributed by atoms with Crippen molar-refractivity contribution >= 4 is 23.6 Å². The van der Waals surface area contributed by atoms with Gasteiger partial charge in [-0.3, -0.25) is 10.1 Å². The zero-order valence-electron chi connectivity index (χ0n) is 21.6. The first-order chi connectivity index (χ1) is 18.3. The van der Waals surface area contributed by atoms with E-state index in [9.17, 15) is 9.18 Å². The first-order valence-corrected chi connectivity index (χ1v) is 12.5. The molecule has 38 heavy (non-hydrogen) atoms. The maximum absolute atomic E-state index is 13.2. The number of carbonyl (C=O) groups is 1. The van der Waals surface area contributed by atoms with Gasteiger partial charge in [-0.15, -0.1) is 0 Å². The lowest BCUT2D eigenvalue weighted by molar-refractivity contribution is 0.191. The third-order valence-electron chi connectivity index (χ3n) is 6.42. The first-order valence-electron chi connectivity index (χ1n) is 12.5. The second-order valence-corrected chi connectivity index (χ2v) is 9.38. The Morgan fingerprint density at radius 2 is 1.76 bits per heavy atom. The molecule has 196 valence electrons. The van der Waals surface area contributed by atoms with Crippen LogP contribution >= 0.6 is 0 Å². The molecule has 2 amide bonds. The maximum Gasteiger partial charge on any atom is 0.317 e. The lowest BCUT2D eigenvalue weighted by Crippen LogP contribution is -2.52. The van der Waals surface area contributed by atoms with E-state index in [2.05, 4.69) is 40.7 Å². The van der Waals surface area contributed by atoms with E-state index >= 15 is 0 Å². The summed E-state index contributed by atoms with van der Waals surface area (Å²) in [7, 11) is 0. The summed E-state index contributed by atoms with van der Waals surface area (Å²) >= 11 is 0. The Kier molecular flexibility index (Phi) is 7.16. The second kappa shape index (κ2) is 10.8. The smallest absolute Gasteiger partial charge is 0.317 e. The largest absolute Gasteiger partial charge is 0.337 e. The molecule has 3 aromatic heterocycles. The Morgan fingerprint density at radius 1 is 1.00 bits per heavy atom. The number of hydrogen-bond acceptors (Lipinski definition) is 7. The maximum atomic E-state index is 13.2. The lowest BCUT2D eigenvalue weighted by Gasteiger charge is -2.35. The predicted octanol–water partition coefficient (Wildman–Crippen LogP) is 4.35. The number of halogens is 1. The Labute approximate surface area is 220 Å². The number of piperazine rings is 1. The molecule has 0 saturated carbocycles. The monoisotopic (exact) mass is 515 g/mol. The van der Waals surface area contributed by atoms with Crippen molar-refractivity contribution in [2.24, 2.45) is 0 Å². The van der Waals surface area contributed by atoms with Gasteiger partial charge in [0.1, 0.15) is 11.6 Å². The number of urea groups is 1. The van der Waals surface area contributed by atoms with E-state index in [4.69, 9.17) is 0 Å². The molecule has 11 heteroatoms. The van der Waals surface area contributed by atoms with Crippen LogP contribution in [0.1, 0.15) is 29.9 Å². The van der Waals surface area contributed by atoms with E-state index < -0.39 is 0 Å². The Balaban J connectivity index is 1.15. The van der Waals surface area contributed by atoms with Crippen LogP contribution in [0.4, 0.5) is 26.8 Å². The van der Waals surface area contributed by atoms with Gasteiger partial charge >= 0.3 is 6.03 Å². The highest BCUT2D eigenvalue weighted by Gasteiger charge is 2.24. The predicted molar refractivity (Wildman–Crippen MR) is 144 cm³/mol. The fourth-order valence-corrected chi connectivity index (χ4v) is 4.29. The van der Waals surface area contributed by atoms with Gasteiger partial charge in [-0.25, -0.2) is 14.2 Å². The van der Waals surface area contributed by atoms with Crippen molar-refractivity contribution in [3.05, 3.63) is 77.5 Å². The molecule has 1 atom stereocenters. The summed E-state index contributed by atoms with van der Waals surface area (Å²) in [4.78, 5) is 30.6. The summed E-state index contributed by atoms with van der Waals surface area (Å²) in [6.45, 7) is 8.16. The van der Waals surface area contributed by atoms with Crippen molar-refractivity contribution in [3.63, 3.8) is 0 Å². The van der Waals surface area contributed by atoms with Crippen LogP contribution in [-0.2, 0) is 0 Å². The van der Waals surface area contributed by atoms with Gasteiger partial charge in [0.05, 0.1) is 11.7 Å². The molecular weight excluding hydrogens is 485 g/mol. The van der Waals surface area contributed by atoms with Gasteiger partial charge in [0.25, 0.3) is 0 Å². The number of aryl methyl sites for hydroxylation is 2. The molecule has 0 bridgehead atoms.